The van der Waals surface area contributed by atoms with Crippen molar-refractivity contribution in [2.75, 3.05) is 18.2 Å². The van der Waals surface area contributed by atoms with Crippen molar-refractivity contribution in [1.29, 1.82) is 0 Å². The summed E-state index contributed by atoms with van der Waals surface area (Å²) in [6.45, 7) is 3.92. The number of hydrogen-bond donors (Lipinski definition) is 1. The topological polar surface area (TPSA) is 91.2 Å². The molecule has 5 aromatic rings. The van der Waals surface area contributed by atoms with Crippen LogP contribution in [-0.2, 0) is 4.79 Å². The number of carbonyl (C=O) groups is 1. The van der Waals surface area contributed by atoms with E-state index in [0.29, 0.717) is 21.9 Å². The zero-order valence-corrected chi connectivity index (χ0v) is 23.3. The van der Waals surface area contributed by atoms with Crippen LogP contribution in [0.5, 0.6) is 11.5 Å². The maximum absolute atomic E-state index is 12.9. The lowest BCUT2D eigenvalue weighted by Gasteiger charge is -2.17. The number of ether oxygens (including phenoxy) is 2. The Morgan fingerprint density at radius 2 is 1.64 bits per heavy atom. The van der Waals surface area contributed by atoms with E-state index in [1.54, 1.807) is 7.11 Å². The lowest BCUT2D eigenvalue weighted by atomic mass is 10.1. The number of methoxy groups -OCH3 is 1. The second-order valence-corrected chi connectivity index (χ2v) is 10.7. The van der Waals surface area contributed by atoms with Crippen molar-refractivity contribution < 1.29 is 14.3 Å². The van der Waals surface area contributed by atoms with Crippen LogP contribution in [0.25, 0.3) is 16.9 Å². The number of aryl methyl sites for hydroxylation is 1. The summed E-state index contributed by atoms with van der Waals surface area (Å²) in [7, 11) is 1.63. The molecule has 0 saturated heterocycles. The average molecular weight is 558 g/mol. The molecule has 5 rings (SSSR count). The number of para-hydroxylation sites is 1. The summed E-state index contributed by atoms with van der Waals surface area (Å²) in [5, 5.41) is 12.9. The molecule has 3 aromatic carbocycles. The highest BCUT2D eigenvalue weighted by Gasteiger charge is 2.22. The molecule has 39 heavy (non-hydrogen) atoms. The summed E-state index contributed by atoms with van der Waals surface area (Å²) in [5.74, 6) is 2.05. The van der Waals surface area contributed by atoms with Gasteiger partial charge in [-0.3, -0.25) is 9.36 Å². The first-order chi connectivity index (χ1) is 19.0. The quantitative estimate of drug-likeness (QED) is 0.194. The molecule has 2 heterocycles. The van der Waals surface area contributed by atoms with Crippen molar-refractivity contribution in [3.05, 3.63) is 95.6 Å². The standard InChI is InChI=1S/C29H27N5O3S2/c1-19(37-24-16-14-23(36-3)15-17-24)27-32-33-29(34(27)22-12-8-5-9-13-22)38-18-25(35)30-28-31-26(20(2)39-28)21-10-6-4-7-11-21/h4-17,19H,18H2,1-3H3,(H,30,31,35). The Bertz CT molecular complexity index is 1540. The van der Waals surface area contributed by atoms with E-state index in [1.807, 2.05) is 103 Å². The Hall–Kier alpha value is -4.15. The molecule has 198 valence electrons. The molecule has 0 bridgehead atoms. The maximum Gasteiger partial charge on any atom is 0.236 e. The Labute approximate surface area is 235 Å². The number of aromatic nitrogens is 4. The molecule has 0 aliphatic heterocycles. The number of nitrogens with one attached hydrogen (secondary N) is 1. The average Bonchev–Trinajstić information content (AvgIpc) is 3.56. The molecule has 1 N–H and O–H groups in total. The number of thiazole rings is 1. The molecular formula is C29H27N5O3S2. The lowest BCUT2D eigenvalue weighted by Crippen LogP contribution is -2.15. The molecule has 0 aliphatic carbocycles. The van der Waals surface area contributed by atoms with Crippen molar-refractivity contribution in [2.24, 2.45) is 0 Å². The fourth-order valence-electron chi connectivity index (χ4n) is 3.97. The monoisotopic (exact) mass is 557 g/mol. The van der Waals surface area contributed by atoms with Crippen LogP contribution in [-0.4, -0.2) is 38.5 Å². The highest BCUT2D eigenvalue weighted by Crippen LogP contribution is 2.31. The third-order valence-electron chi connectivity index (χ3n) is 5.83. The minimum Gasteiger partial charge on any atom is -0.497 e. The zero-order valence-electron chi connectivity index (χ0n) is 21.7. The highest BCUT2D eigenvalue weighted by atomic mass is 32.2. The van der Waals surface area contributed by atoms with E-state index < -0.39 is 6.10 Å². The normalized spacial score (nSPS) is 11.7. The lowest BCUT2D eigenvalue weighted by molar-refractivity contribution is -0.113. The predicted molar refractivity (Wildman–Crippen MR) is 155 cm³/mol. The van der Waals surface area contributed by atoms with Gasteiger partial charge in [-0.2, -0.15) is 0 Å². The fourth-order valence-corrected chi connectivity index (χ4v) is 5.58. The van der Waals surface area contributed by atoms with Crippen LogP contribution in [0.1, 0.15) is 23.7 Å². The minimum absolute atomic E-state index is 0.151. The van der Waals surface area contributed by atoms with E-state index >= 15 is 0 Å². The summed E-state index contributed by atoms with van der Waals surface area (Å²) in [6.07, 6.45) is -0.399. The Kier molecular flexibility index (Phi) is 8.24. The predicted octanol–water partition coefficient (Wildman–Crippen LogP) is 6.58. The van der Waals surface area contributed by atoms with Gasteiger partial charge in [-0.05, 0) is 50.2 Å². The summed E-state index contributed by atoms with van der Waals surface area (Å²) in [6, 6.07) is 27.1. The van der Waals surface area contributed by atoms with Crippen molar-refractivity contribution in [1.82, 2.24) is 19.7 Å². The highest BCUT2D eigenvalue weighted by molar-refractivity contribution is 7.99. The second kappa shape index (κ2) is 12.1. The van der Waals surface area contributed by atoms with Crippen molar-refractivity contribution in [3.8, 4) is 28.4 Å². The van der Waals surface area contributed by atoms with Crippen LogP contribution in [0.2, 0.25) is 0 Å². The number of benzene rings is 3. The molecule has 0 radical (unpaired) electrons. The van der Waals surface area contributed by atoms with Gasteiger partial charge < -0.3 is 14.8 Å². The maximum atomic E-state index is 12.9. The van der Waals surface area contributed by atoms with Gasteiger partial charge in [0.15, 0.2) is 22.2 Å². The van der Waals surface area contributed by atoms with E-state index in [9.17, 15) is 4.79 Å². The second-order valence-electron chi connectivity index (χ2n) is 8.57. The van der Waals surface area contributed by atoms with Crippen LogP contribution in [0.3, 0.4) is 0 Å². The number of thioether (sulfide) groups is 1. The first kappa shape index (κ1) is 26.5. The molecule has 1 atom stereocenters. The van der Waals surface area contributed by atoms with Crippen LogP contribution in [0.15, 0.2) is 90.1 Å². The molecule has 0 fully saturated rings. The van der Waals surface area contributed by atoms with Gasteiger partial charge in [0, 0.05) is 16.1 Å². The van der Waals surface area contributed by atoms with Crippen LogP contribution in [0, 0.1) is 6.92 Å². The first-order valence-electron chi connectivity index (χ1n) is 12.3. The molecular weight excluding hydrogens is 530 g/mol. The van der Waals surface area contributed by atoms with Crippen LogP contribution in [0.4, 0.5) is 5.13 Å². The summed E-state index contributed by atoms with van der Waals surface area (Å²) in [4.78, 5) is 18.5. The van der Waals surface area contributed by atoms with Gasteiger partial charge in [0.05, 0.1) is 18.6 Å². The third-order valence-corrected chi connectivity index (χ3v) is 7.65. The zero-order chi connectivity index (χ0) is 27.2. The largest absolute Gasteiger partial charge is 0.497 e. The molecule has 8 nitrogen and oxygen atoms in total. The number of rotatable bonds is 10. The van der Waals surface area contributed by atoms with Crippen molar-refractivity contribution >= 4 is 34.1 Å². The molecule has 0 aliphatic rings. The van der Waals surface area contributed by atoms with E-state index in [1.165, 1.54) is 23.1 Å². The third kappa shape index (κ3) is 6.30. The van der Waals surface area contributed by atoms with Gasteiger partial charge in [-0.1, -0.05) is 60.3 Å². The van der Waals surface area contributed by atoms with Gasteiger partial charge in [0.25, 0.3) is 0 Å². The van der Waals surface area contributed by atoms with Gasteiger partial charge >= 0.3 is 0 Å². The summed E-state index contributed by atoms with van der Waals surface area (Å²) < 4.78 is 13.3. The number of hydrogen-bond acceptors (Lipinski definition) is 8. The van der Waals surface area contributed by atoms with E-state index in [2.05, 4.69) is 20.5 Å². The van der Waals surface area contributed by atoms with E-state index in [4.69, 9.17) is 9.47 Å². The van der Waals surface area contributed by atoms with Gasteiger partial charge in [0.1, 0.15) is 11.5 Å². The van der Waals surface area contributed by atoms with Gasteiger partial charge in [-0.15, -0.1) is 21.5 Å². The Morgan fingerprint density at radius 3 is 2.33 bits per heavy atom. The SMILES string of the molecule is COc1ccc(OC(C)c2nnc(SCC(=O)Nc3nc(-c4ccccc4)c(C)s3)n2-c2ccccc2)cc1. The smallest absolute Gasteiger partial charge is 0.236 e. The van der Waals surface area contributed by atoms with Crippen molar-refractivity contribution in [3.63, 3.8) is 0 Å². The number of carbonyl (C=O) groups excluding carboxylic acids is 1. The number of anilines is 1. The Morgan fingerprint density at radius 1 is 0.974 bits per heavy atom. The Balaban J connectivity index is 1.31. The fraction of sp³-hybridized carbons (Fsp3) is 0.172. The van der Waals surface area contributed by atoms with E-state index in [0.717, 1.165) is 27.6 Å². The molecule has 0 spiro atoms. The van der Waals surface area contributed by atoms with Crippen molar-refractivity contribution in [2.45, 2.75) is 25.1 Å². The minimum atomic E-state index is -0.399. The van der Waals surface area contributed by atoms with Crippen LogP contribution >= 0.6 is 23.1 Å². The van der Waals surface area contributed by atoms with Crippen LogP contribution < -0.4 is 14.8 Å². The molecule has 10 heteroatoms. The molecule has 1 unspecified atom stereocenters. The summed E-state index contributed by atoms with van der Waals surface area (Å²) in [5.41, 5.74) is 2.78. The first-order valence-corrected chi connectivity index (χ1v) is 14.1. The molecule has 0 saturated carbocycles. The molecule has 1 amide bonds. The molecule has 2 aromatic heterocycles. The number of nitrogens with zero attached hydrogens (tertiary/aromatic N) is 4. The van der Waals surface area contributed by atoms with Gasteiger partial charge in [-0.25, -0.2) is 4.98 Å². The number of amides is 1. The van der Waals surface area contributed by atoms with Gasteiger partial charge in [0.2, 0.25) is 5.91 Å². The van der Waals surface area contributed by atoms with E-state index in [-0.39, 0.29) is 11.7 Å². The summed E-state index contributed by atoms with van der Waals surface area (Å²) >= 11 is 2.77.